The van der Waals surface area contributed by atoms with Gasteiger partial charge in [0.05, 0.1) is 35.3 Å². The molecule has 154 valence electrons. The van der Waals surface area contributed by atoms with E-state index in [0.29, 0.717) is 18.9 Å². The Balaban J connectivity index is 1.66. The van der Waals surface area contributed by atoms with Crippen LogP contribution in [0.15, 0.2) is 35.5 Å². The van der Waals surface area contributed by atoms with Crippen LogP contribution in [0.4, 0.5) is 10.1 Å². The summed E-state index contributed by atoms with van der Waals surface area (Å²) in [5.74, 6) is -1.32. The van der Waals surface area contributed by atoms with Gasteiger partial charge in [-0.05, 0) is 31.2 Å². The van der Waals surface area contributed by atoms with Crippen LogP contribution in [0.1, 0.15) is 28.5 Å². The molecule has 3 atom stereocenters. The van der Waals surface area contributed by atoms with E-state index in [-0.39, 0.29) is 39.9 Å². The molecule has 0 spiro atoms. The first-order valence-electron chi connectivity index (χ1n) is 9.08. The van der Waals surface area contributed by atoms with E-state index in [0.717, 1.165) is 0 Å². The van der Waals surface area contributed by atoms with E-state index in [1.54, 1.807) is 6.92 Å². The van der Waals surface area contributed by atoms with Gasteiger partial charge in [-0.15, -0.1) is 0 Å². The van der Waals surface area contributed by atoms with Crippen LogP contribution in [0.25, 0.3) is 0 Å². The number of amidine groups is 1. The number of ether oxygens (including phenoxy) is 2. The number of fused-ring (bicyclic) bond motifs is 1. The Hall–Kier alpha value is -3.22. The van der Waals surface area contributed by atoms with Crippen LogP contribution in [0.5, 0.6) is 0 Å². The molecule has 1 aromatic heterocycles. The highest BCUT2D eigenvalue weighted by Gasteiger charge is 2.50. The third-order valence-corrected chi connectivity index (χ3v) is 5.61. The molecule has 4 rings (SSSR count). The van der Waals surface area contributed by atoms with Crippen LogP contribution >= 0.6 is 11.6 Å². The molecule has 0 bridgehead atoms. The van der Waals surface area contributed by atoms with E-state index < -0.39 is 17.3 Å². The van der Waals surface area contributed by atoms with Crippen molar-refractivity contribution in [1.29, 1.82) is 5.26 Å². The van der Waals surface area contributed by atoms with Gasteiger partial charge >= 0.3 is 0 Å². The standard InChI is InChI=1S/C20H17ClFN5O3/c1-20(13-8-29-9-16(13)30-19(24)27-20)12-5-11(2-3-15(12)22)26-18(28)17-14(21)4-10(6-23)7-25-17/h2-5,7,13,16H,8-9H2,1H3,(H2,24,27)(H,26,28). The molecule has 0 aliphatic carbocycles. The minimum absolute atomic E-state index is 0.0355. The zero-order chi connectivity index (χ0) is 21.5. The number of nitrogens with two attached hydrogens (primary N) is 1. The second kappa shape index (κ2) is 7.55. The Morgan fingerprint density at radius 1 is 1.43 bits per heavy atom. The molecule has 3 N–H and O–H groups in total. The Labute approximate surface area is 176 Å². The van der Waals surface area contributed by atoms with Crippen molar-refractivity contribution in [2.24, 2.45) is 16.6 Å². The van der Waals surface area contributed by atoms with Crippen LogP contribution in [0, 0.1) is 23.1 Å². The number of aliphatic imine (C=N–C) groups is 1. The van der Waals surface area contributed by atoms with Gasteiger partial charge in [-0.1, -0.05) is 11.6 Å². The second-order valence-electron chi connectivity index (χ2n) is 7.21. The minimum Gasteiger partial charge on any atom is -0.459 e. The maximum absolute atomic E-state index is 14.8. The van der Waals surface area contributed by atoms with Crippen LogP contribution in [-0.4, -0.2) is 36.2 Å². The van der Waals surface area contributed by atoms with Gasteiger partial charge in [0.1, 0.15) is 23.7 Å². The molecule has 30 heavy (non-hydrogen) atoms. The van der Waals surface area contributed by atoms with Crippen molar-refractivity contribution in [3.8, 4) is 6.07 Å². The predicted molar refractivity (Wildman–Crippen MR) is 106 cm³/mol. The average Bonchev–Trinajstić information content (AvgIpc) is 3.18. The monoisotopic (exact) mass is 429 g/mol. The van der Waals surface area contributed by atoms with Crippen LogP contribution in [-0.2, 0) is 15.0 Å². The SMILES string of the molecule is CC1(c2cc(NC(=O)c3ncc(C#N)cc3Cl)ccc2F)N=C(N)OC2COCC21. The summed E-state index contributed by atoms with van der Waals surface area (Å²) in [6.45, 7) is 2.45. The van der Waals surface area contributed by atoms with Crippen LogP contribution < -0.4 is 11.1 Å². The second-order valence-corrected chi connectivity index (χ2v) is 7.62. The highest BCUT2D eigenvalue weighted by Crippen LogP contribution is 2.43. The lowest BCUT2D eigenvalue weighted by molar-refractivity contribution is 0.0817. The molecule has 0 radical (unpaired) electrons. The molecule has 2 aliphatic rings. The van der Waals surface area contributed by atoms with Crippen molar-refractivity contribution < 1.29 is 18.7 Å². The Morgan fingerprint density at radius 3 is 2.97 bits per heavy atom. The molecule has 2 aliphatic heterocycles. The summed E-state index contributed by atoms with van der Waals surface area (Å²) in [4.78, 5) is 20.9. The first kappa shape index (κ1) is 20.1. The van der Waals surface area contributed by atoms with Gasteiger partial charge in [0, 0.05) is 17.4 Å². The summed E-state index contributed by atoms with van der Waals surface area (Å²) >= 11 is 6.05. The topological polar surface area (TPSA) is 123 Å². The molecule has 1 amide bonds. The maximum Gasteiger partial charge on any atom is 0.283 e. The Kier molecular flexibility index (Phi) is 5.05. The molecular formula is C20H17ClFN5O3. The molecular weight excluding hydrogens is 413 g/mol. The molecule has 1 fully saturated rings. The van der Waals surface area contributed by atoms with Gasteiger partial charge in [-0.25, -0.2) is 14.4 Å². The Morgan fingerprint density at radius 2 is 2.23 bits per heavy atom. The van der Waals surface area contributed by atoms with Crippen molar-refractivity contribution in [3.63, 3.8) is 0 Å². The smallest absolute Gasteiger partial charge is 0.283 e. The number of hydrogen-bond donors (Lipinski definition) is 2. The lowest BCUT2D eigenvalue weighted by atomic mass is 9.77. The number of aromatic nitrogens is 1. The highest BCUT2D eigenvalue weighted by atomic mass is 35.5. The summed E-state index contributed by atoms with van der Waals surface area (Å²) in [5.41, 5.74) is 5.56. The number of anilines is 1. The highest BCUT2D eigenvalue weighted by molar-refractivity contribution is 6.34. The van der Waals surface area contributed by atoms with Gasteiger partial charge in [-0.2, -0.15) is 5.26 Å². The van der Waals surface area contributed by atoms with Crippen LogP contribution in [0.2, 0.25) is 5.02 Å². The average molecular weight is 430 g/mol. The van der Waals surface area contributed by atoms with Gasteiger partial charge < -0.3 is 20.5 Å². The fraction of sp³-hybridized carbons (Fsp3) is 0.300. The van der Waals surface area contributed by atoms with Crippen LogP contribution in [0.3, 0.4) is 0 Å². The van der Waals surface area contributed by atoms with Gasteiger partial charge in [0.25, 0.3) is 11.9 Å². The van der Waals surface area contributed by atoms with Crippen molar-refractivity contribution in [3.05, 3.63) is 58.1 Å². The predicted octanol–water partition coefficient (Wildman–Crippen LogP) is 2.57. The summed E-state index contributed by atoms with van der Waals surface area (Å²) < 4.78 is 25.8. The fourth-order valence-electron chi connectivity index (χ4n) is 3.78. The third kappa shape index (κ3) is 3.44. The minimum atomic E-state index is -1.03. The van der Waals surface area contributed by atoms with E-state index >= 15 is 0 Å². The molecule has 3 heterocycles. The van der Waals surface area contributed by atoms with Crippen molar-refractivity contribution >= 4 is 29.2 Å². The first-order valence-corrected chi connectivity index (χ1v) is 9.46. The van der Waals surface area contributed by atoms with E-state index in [1.807, 2.05) is 6.07 Å². The van der Waals surface area contributed by atoms with E-state index in [9.17, 15) is 9.18 Å². The summed E-state index contributed by atoms with van der Waals surface area (Å²) in [7, 11) is 0. The number of nitriles is 1. The number of rotatable bonds is 3. The van der Waals surface area contributed by atoms with Gasteiger partial charge in [-0.3, -0.25) is 4.79 Å². The first-order chi connectivity index (χ1) is 14.3. The number of pyridine rings is 1. The molecule has 3 unspecified atom stereocenters. The molecule has 2 aromatic rings. The van der Waals surface area contributed by atoms with Crippen molar-refractivity contribution in [1.82, 2.24) is 4.98 Å². The quantitative estimate of drug-likeness (QED) is 0.773. The number of benzene rings is 1. The molecule has 10 heteroatoms. The molecule has 1 saturated heterocycles. The summed E-state index contributed by atoms with van der Waals surface area (Å²) in [6, 6.07) is 7.38. The van der Waals surface area contributed by atoms with Crippen molar-refractivity contribution in [2.75, 3.05) is 18.5 Å². The number of amides is 1. The largest absolute Gasteiger partial charge is 0.459 e. The van der Waals surface area contributed by atoms with Crippen molar-refractivity contribution in [2.45, 2.75) is 18.6 Å². The fourth-order valence-corrected chi connectivity index (χ4v) is 4.03. The molecule has 1 aromatic carbocycles. The van der Waals surface area contributed by atoms with Gasteiger partial charge in [0.2, 0.25) is 0 Å². The summed E-state index contributed by atoms with van der Waals surface area (Å²) in [6.07, 6.45) is 0.921. The van der Waals surface area contributed by atoms with E-state index in [1.165, 1.54) is 30.5 Å². The number of carbonyl (C=O) groups excluding carboxylic acids is 1. The van der Waals surface area contributed by atoms with Gasteiger partial charge in [0.15, 0.2) is 0 Å². The maximum atomic E-state index is 14.8. The van der Waals surface area contributed by atoms with E-state index in [2.05, 4.69) is 15.3 Å². The number of carbonyl (C=O) groups is 1. The Bertz CT molecular complexity index is 1100. The van der Waals surface area contributed by atoms with E-state index in [4.69, 9.17) is 32.1 Å². The number of halogens is 2. The molecule has 0 saturated carbocycles. The number of hydrogen-bond acceptors (Lipinski definition) is 7. The number of nitrogens with zero attached hydrogens (tertiary/aromatic N) is 3. The zero-order valence-electron chi connectivity index (χ0n) is 15.9. The lowest BCUT2D eigenvalue weighted by Crippen LogP contribution is -2.47. The molecule has 8 nitrogen and oxygen atoms in total. The normalized spacial score (nSPS) is 24.9. The lowest BCUT2D eigenvalue weighted by Gasteiger charge is -2.38. The zero-order valence-corrected chi connectivity index (χ0v) is 16.6. The summed E-state index contributed by atoms with van der Waals surface area (Å²) in [5, 5.41) is 11.6. The number of nitrogens with one attached hydrogen (secondary N) is 1. The third-order valence-electron chi connectivity index (χ3n) is 5.32.